The molecule has 9 nitrogen and oxygen atoms in total. The van der Waals surface area contributed by atoms with Crippen LogP contribution in [0.3, 0.4) is 0 Å². The lowest BCUT2D eigenvalue weighted by Gasteiger charge is -2.30. The van der Waals surface area contributed by atoms with E-state index in [9.17, 15) is 13.2 Å². The first-order valence-corrected chi connectivity index (χ1v) is 13.8. The zero-order chi connectivity index (χ0) is 26.3. The van der Waals surface area contributed by atoms with Crippen molar-refractivity contribution in [1.82, 2.24) is 15.1 Å². The number of anilines is 1. The summed E-state index contributed by atoms with van der Waals surface area (Å²) in [4.78, 5) is 13.5. The van der Waals surface area contributed by atoms with E-state index in [0.29, 0.717) is 43.2 Å². The maximum atomic E-state index is 13.4. The van der Waals surface area contributed by atoms with Crippen LogP contribution in [0.1, 0.15) is 63.1 Å². The minimum Gasteiger partial charge on any atom is -0.348 e. The summed E-state index contributed by atoms with van der Waals surface area (Å²) in [7, 11) is -2.40. The normalized spacial score (nSPS) is 18.7. The Labute approximate surface area is 217 Å². The van der Waals surface area contributed by atoms with E-state index in [1.54, 1.807) is 7.05 Å². The van der Waals surface area contributed by atoms with E-state index in [1.807, 2.05) is 33.8 Å². The maximum absolute atomic E-state index is 13.4. The molecule has 1 aromatic carbocycles. The van der Waals surface area contributed by atoms with Crippen LogP contribution >= 0.6 is 11.6 Å². The fourth-order valence-electron chi connectivity index (χ4n) is 4.18. The molecule has 0 saturated carbocycles. The minimum atomic E-state index is -4.03. The van der Waals surface area contributed by atoms with Crippen LogP contribution < -0.4 is 10.0 Å². The van der Waals surface area contributed by atoms with Gasteiger partial charge in [0.2, 0.25) is 0 Å². The van der Waals surface area contributed by atoms with Gasteiger partial charge >= 0.3 is 0 Å². The molecule has 2 aliphatic rings. The number of hydrogen-bond acceptors (Lipinski definition) is 6. The topological polar surface area (TPSA) is 112 Å². The SMILES string of the molecule is CC(NC(=O)c1c(NS(=O)(=O)c2ccc(Cl)cc2)c(C2=CCC3(CC2)OCCO3)nn1C)C(C)(C)C. The largest absolute Gasteiger partial charge is 0.348 e. The van der Waals surface area contributed by atoms with Crippen molar-refractivity contribution in [3.8, 4) is 0 Å². The molecule has 1 atom stereocenters. The van der Waals surface area contributed by atoms with E-state index in [0.717, 1.165) is 5.57 Å². The van der Waals surface area contributed by atoms with E-state index in [-0.39, 0.29) is 27.7 Å². The van der Waals surface area contributed by atoms with Gasteiger partial charge in [0.25, 0.3) is 15.9 Å². The van der Waals surface area contributed by atoms with Crippen molar-refractivity contribution in [2.75, 3.05) is 17.9 Å². The Morgan fingerprint density at radius 1 is 1.19 bits per heavy atom. The molecule has 2 N–H and O–H groups in total. The highest BCUT2D eigenvalue weighted by molar-refractivity contribution is 7.92. The number of aryl methyl sites for hydroxylation is 1. The monoisotopic (exact) mass is 536 g/mol. The van der Waals surface area contributed by atoms with Gasteiger partial charge in [-0.3, -0.25) is 14.2 Å². The highest BCUT2D eigenvalue weighted by atomic mass is 35.5. The van der Waals surface area contributed by atoms with Gasteiger partial charge in [-0.15, -0.1) is 0 Å². The Kier molecular flexibility index (Phi) is 7.27. The molecule has 1 aliphatic carbocycles. The van der Waals surface area contributed by atoms with Crippen molar-refractivity contribution in [1.29, 1.82) is 0 Å². The van der Waals surface area contributed by atoms with Crippen LogP contribution in [0.15, 0.2) is 35.2 Å². The number of nitrogens with one attached hydrogen (secondary N) is 2. The third-order valence-electron chi connectivity index (χ3n) is 6.82. The molecule has 1 aromatic heterocycles. The van der Waals surface area contributed by atoms with Gasteiger partial charge in [0.15, 0.2) is 11.5 Å². The van der Waals surface area contributed by atoms with Crippen LogP contribution in [0.4, 0.5) is 5.69 Å². The molecular weight excluding hydrogens is 504 g/mol. The van der Waals surface area contributed by atoms with Crippen LogP contribution in [0.2, 0.25) is 5.02 Å². The number of carbonyl (C=O) groups is 1. The number of halogens is 1. The Balaban J connectivity index is 1.75. The zero-order valence-corrected chi connectivity index (χ0v) is 22.8. The first-order chi connectivity index (χ1) is 16.8. The number of sulfonamides is 1. The molecule has 4 rings (SSSR count). The van der Waals surface area contributed by atoms with Crippen molar-refractivity contribution >= 4 is 38.8 Å². The van der Waals surface area contributed by atoms with E-state index >= 15 is 0 Å². The highest BCUT2D eigenvalue weighted by Gasteiger charge is 2.39. The summed E-state index contributed by atoms with van der Waals surface area (Å²) in [6, 6.07) is 5.67. The Morgan fingerprint density at radius 2 is 1.83 bits per heavy atom. The smallest absolute Gasteiger partial charge is 0.271 e. The van der Waals surface area contributed by atoms with Gasteiger partial charge in [-0.2, -0.15) is 5.10 Å². The summed E-state index contributed by atoms with van der Waals surface area (Å²) >= 11 is 5.95. The lowest BCUT2D eigenvalue weighted by Crippen LogP contribution is -2.42. The third kappa shape index (κ3) is 5.46. The van der Waals surface area contributed by atoms with Gasteiger partial charge in [-0.25, -0.2) is 8.42 Å². The van der Waals surface area contributed by atoms with Gasteiger partial charge in [0.05, 0.1) is 18.1 Å². The fourth-order valence-corrected chi connectivity index (χ4v) is 5.38. The molecule has 2 heterocycles. The molecule has 2 aromatic rings. The van der Waals surface area contributed by atoms with Crippen molar-refractivity contribution in [3.63, 3.8) is 0 Å². The lowest BCUT2D eigenvalue weighted by atomic mass is 9.88. The standard InChI is InChI=1S/C25H33ClN4O5S/c1-16(24(2,3)4)27-23(31)22-21(29-36(32,33)19-8-6-18(26)7-9-19)20(28-30(22)5)17-10-12-25(13-11-17)34-14-15-35-25/h6-10,16,29H,11-15H2,1-5H3,(H,27,31). The first-order valence-electron chi connectivity index (χ1n) is 11.9. The number of hydrogen-bond donors (Lipinski definition) is 2. The van der Waals surface area contributed by atoms with Crippen LogP contribution in [0.25, 0.3) is 5.57 Å². The molecular formula is C25H33ClN4O5S. The van der Waals surface area contributed by atoms with E-state index in [4.69, 9.17) is 21.1 Å². The van der Waals surface area contributed by atoms with Crippen molar-refractivity contribution in [2.45, 2.75) is 63.7 Å². The molecule has 0 bridgehead atoms. The van der Waals surface area contributed by atoms with Gasteiger partial charge in [-0.1, -0.05) is 38.4 Å². The zero-order valence-electron chi connectivity index (χ0n) is 21.2. The minimum absolute atomic E-state index is 0.0282. The number of amides is 1. The fraction of sp³-hybridized carbons (Fsp3) is 0.520. The number of ether oxygens (including phenoxy) is 2. The van der Waals surface area contributed by atoms with Gasteiger partial charge in [-0.05, 0) is 48.6 Å². The lowest BCUT2D eigenvalue weighted by molar-refractivity contribution is -0.159. The second-order valence-electron chi connectivity index (χ2n) is 10.4. The maximum Gasteiger partial charge on any atom is 0.271 e. The number of allylic oxidation sites excluding steroid dienone is 1. The number of rotatable bonds is 6. The number of aromatic nitrogens is 2. The molecule has 196 valence electrons. The van der Waals surface area contributed by atoms with Crippen LogP contribution in [-0.4, -0.2) is 49.1 Å². The van der Waals surface area contributed by atoms with Crippen LogP contribution in [0.5, 0.6) is 0 Å². The van der Waals surface area contributed by atoms with Gasteiger partial charge in [0.1, 0.15) is 11.4 Å². The van der Waals surface area contributed by atoms with Crippen LogP contribution in [-0.2, 0) is 26.5 Å². The molecule has 1 unspecified atom stereocenters. The highest BCUT2D eigenvalue weighted by Crippen LogP contribution is 2.40. The van der Waals surface area contributed by atoms with Gasteiger partial charge in [0, 0.05) is 31.0 Å². The van der Waals surface area contributed by atoms with E-state index in [2.05, 4.69) is 15.1 Å². The van der Waals surface area contributed by atoms with E-state index in [1.165, 1.54) is 28.9 Å². The second kappa shape index (κ2) is 9.81. The Hall–Kier alpha value is -2.40. The Morgan fingerprint density at radius 3 is 2.39 bits per heavy atom. The van der Waals surface area contributed by atoms with Gasteiger partial charge < -0.3 is 14.8 Å². The molecule has 1 spiro atoms. The average Bonchev–Trinajstić information content (AvgIpc) is 3.38. The summed E-state index contributed by atoms with van der Waals surface area (Å²) in [6.07, 6.45) is 3.65. The summed E-state index contributed by atoms with van der Waals surface area (Å²) in [5, 5.41) is 8.01. The quantitative estimate of drug-likeness (QED) is 0.567. The molecule has 1 amide bonds. The average molecular weight is 537 g/mol. The predicted molar refractivity (Wildman–Crippen MR) is 138 cm³/mol. The predicted octanol–water partition coefficient (Wildman–Crippen LogP) is 4.35. The summed E-state index contributed by atoms with van der Waals surface area (Å²) < 4.78 is 42.4. The van der Waals surface area contributed by atoms with Crippen molar-refractivity contribution < 1.29 is 22.7 Å². The summed E-state index contributed by atoms with van der Waals surface area (Å²) in [5.41, 5.74) is 1.32. The molecule has 11 heteroatoms. The number of carbonyl (C=O) groups excluding carboxylic acids is 1. The second-order valence-corrected chi connectivity index (χ2v) is 12.5. The molecule has 36 heavy (non-hydrogen) atoms. The third-order valence-corrected chi connectivity index (χ3v) is 8.44. The first kappa shape index (κ1) is 26.7. The molecule has 1 saturated heterocycles. The number of benzene rings is 1. The van der Waals surface area contributed by atoms with E-state index < -0.39 is 21.7 Å². The van der Waals surface area contributed by atoms with Crippen molar-refractivity contribution in [2.24, 2.45) is 12.5 Å². The molecule has 0 radical (unpaired) electrons. The molecule has 1 fully saturated rings. The molecule has 1 aliphatic heterocycles. The van der Waals surface area contributed by atoms with Crippen molar-refractivity contribution in [3.05, 3.63) is 46.8 Å². The Bertz CT molecular complexity index is 1270. The summed E-state index contributed by atoms with van der Waals surface area (Å²) in [6.45, 7) is 9.08. The number of nitrogens with zero attached hydrogens (tertiary/aromatic N) is 2. The van der Waals surface area contributed by atoms with Crippen LogP contribution in [0, 0.1) is 5.41 Å². The summed E-state index contributed by atoms with van der Waals surface area (Å²) in [5.74, 6) is -1.05.